The van der Waals surface area contributed by atoms with Gasteiger partial charge in [0, 0.05) is 13.1 Å². The van der Waals surface area contributed by atoms with Crippen LogP contribution in [0, 0.1) is 0 Å². The zero-order valence-corrected chi connectivity index (χ0v) is 16.4. The Kier molecular flexibility index (Phi) is 4.99. The van der Waals surface area contributed by atoms with Crippen LogP contribution in [0.4, 0.5) is 0 Å². The van der Waals surface area contributed by atoms with E-state index in [1.807, 2.05) is 24.3 Å². The zero-order chi connectivity index (χ0) is 19.7. The maximum absolute atomic E-state index is 13.3. The number of ether oxygens (including phenoxy) is 1. The molecule has 0 saturated carbocycles. The van der Waals surface area contributed by atoms with E-state index in [1.165, 1.54) is 18.2 Å². The van der Waals surface area contributed by atoms with Crippen molar-refractivity contribution in [3.8, 4) is 5.75 Å². The van der Waals surface area contributed by atoms with Gasteiger partial charge in [0.05, 0.1) is 17.5 Å². The van der Waals surface area contributed by atoms with E-state index in [1.54, 1.807) is 11.4 Å². The smallest absolute Gasteiger partial charge is 0.417 e. The molecule has 2 aromatic carbocycles. The van der Waals surface area contributed by atoms with Gasteiger partial charge in [0.15, 0.2) is 5.58 Å². The molecule has 7 nitrogen and oxygen atoms in total. The summed E-state index contributed by atoms with van der Waals surface area (Å²) in [5.74, 6) is 0.309. The van der Waals surface area contributed by atoms with Crippen LogP contribution in [-0.4, -0.2) is 37.9 Å². The number of oxazole rings is 1. The molecule has 0 spiro atoms. The van der Waals surface area contributed by atoms with Gasteiger partial charge in [-0.1, -0.05) is 18.6 Å². The van der Waals surface area contributed by atoms with Crippen molar-refractivity contribution in [2.45, 2.75) is 30.1 Å². The van der Waals surface area contributed by atoms with Crippen LogP contribution in [-0.2, 0) is 10.0 Å². The molecule has 1 fully saturated rings. The zero-order valence-electron chi connectivity index (χ0n) is 15.6. The SMILES string of the molecule is COc1ccc(C2CCCCN(S(=O)(=O)c3ccc4oc(=O)[nH]c4c3)C2)cc1. The number of nitrogens with one attached hydrogen (secondary N) is 1. The number of aromatic nitrogens is 1. The molecular formula is C20H22N2O5S. The van der Waals surface area contributed by atoms with Gasteiger partial charge >= 0.3 is 5.76 Å². The molecule has 1 N–H and O–H groups in total. The number of hydrogen-bond donors (Lipinski definition) is 1. The van der Waals surface area contributed by atoms with Crippen LogP contribution in [0.5, 0.6) is 5.75 Å². The lowest BCUT2D eigenvalue weighted by molar-refractivity contribution is 0.404. The third-order valence-corrected chi connectivity index (χ3v) is 7.11. The summed E-state index contributed by atoms with van der Waals surface area (Å²) in [5, 5.41) is 0. The summed E-state index contributed by atoms with van der Waals surface area (Å²) in [5.41, 5.74) is 1.83. The van der Waals surface area contributed by atoms with Crippen molar-refractivity contribution >= 4 is 21.1 Å². The van der Waals surface area contributed by atoms with E-state index in [9.17, 15) is 13.2 Å². The summed E-state index contributed by atoms with van der Waals surface area (Å²) in [6.07, 6.45) is 2.72. The van der Waals surface area contributed by atoms with Gasteiger partial charge in [-0.25, -0.2) is 13.2 Å². The molecule has 3 aromatic rings. The number of sulfonamides is 1. The molecule has 0 amide bonds. The predicted octanol–water partition coefficient (Wildman–Crippen LogP) is 3.09. The molecule has 0 aliphatic carbocycles. The summed E-state index contributed by atoms with van der Waals surface area (Å²) in [6.45, 7) is 0.906. The first-order valence-electron chi connectivity index (χ1n) is 9.24. The molecule has 0 bridgehead atoms. The Labute approximate surface area is 163 Å². The highest BCUT2D eigenvalue weighted by Crippen LogP contribution is 2.31. The van der Waals surface area contributed by atoms with Crippen molar-refractivity contribution in [3.05, 3.63) is 58.6 Å². The molecule has 1 aromatic heterocycles. The Balaban J connectivity index is 1.63. The Morgan fingerprint density at radius 1 is 1.14 bits per heavy atom. The summed E-state index contributed by atoms with van der Waals surface area (Å²) in [4.78, 5) is 14.0. The lowest BCUT2D eigenvalue weighted by atomic mass is 9.94. The molecule has 0 radical (unpaired) electrons. The highest BCUT2D eigenvalue weighted by atomic mass is 32.2. The largest absolute Gasteiger partial charge is 0.497 e. The van der Waals surface area contributed by atoms with E-state index >= 15 is 0 Å². The van der Waals surface area contributed by atoms with Gasteiger partial charge < -0.3 is 9.15 Å². The molecule has 1 unspecified atom stereocenters. The van der Waals surface area contributed by atoms with Gasteiger partial charge in [-0.05, 0) is 54.7 Å². The average molecular weight is 402 g/mol. The number of rotatable bonds is 4. The van der Waals surface area contributed by atoms with Gasteiger partial charge in [-0.15, -0.1) is 0 Å². The predicted molar refractivity (Wildman–Crippen MR) is 105 cm³/mol. The molecule has 1 saturated heterocycles. The van der Waals surface area contributed by atoms with Crippen LogP contribution >= 0.6 is 0 Å². The van der Waals surface area contributed by atoms with E-state index in [4.69, 9.17) is 9.15 Å². The fourth-order valence-electron chi connectivity index (χ4n) is 3.71. The van der Waals surface area contributed by atoms with Crippen LogP contribution in [0.25, 0.3) is 11.1 Å². The first-order chi connectivity index (χ1) is 13.5. The minimum absolute atomic E-state index is 0.126. The third-order valence-electron chi connectivity index (χ3n) is 5.25. The maximum atomic E-state index is 13.3. The molecule has 1 atom stereocenters. The number of nitrogens with zero attached hydrogens (tertiary/aromatic N) is 1. The third kappa shape index (κ3) is 3.57. The number of hydrogen-bond acceptors (Lipinski definition) is 5. The topological polar surface area (TPSA) is 92.6 Å². The second kappa shape index (κ2) is 7.44. The Bertz CT molecular complexity index is 1130. The minimum atomic E-state index is -3.68. The summed E-state index contributed by atoms with van der Waals surface area (Å²) >= 11 is 0. The van der Waals surface area contributed by atoms with E-state index in [0.717, 1.165) is 30.6 Å². The van der Waals surface area contributed by atoms with Gasteiger partial charge in [0.1, 0.15) is 5.75 Å². The quantitative estimate of drug-likeness (QED) is 0.724. The second-order valence-corrected chi connectivity index (χ2v) is 8.94. The van der Waals surface area contributed by atoms with Gasteiger partial charge in [0.25, 0.3) is 0 Å². The van der Waals surface area contributed by atoms with Crippen molar-refractivity contribution in [1.82, 2.24) is 9.29 Å². The molecule has 8 heteroatoms. The summed E-state index contributed by atoms with van der Waals surface area (Å²) in [6, 6.07) is 12.3. The number of aromatic amines is 1. The lowest BCUT2D eigenvalue weighted by Crippen LogP contribution is -2.34. The van der Waals surface area contributed by atoms with Crippen molar-refractivity contribution in [2.75, 3.05) is 20.2 Å². The van der Waals surface area contributed by atoms with Crippen molar-refractivity contribution in [1.29, 1.82) is 0 Å². The van der Waals surface area contributed by atoms with Crippen LogP contribution in [0.15, 0.2) is 56.6 Å². The summed E-state index contributed by atoms with van der Waals surface area (Å²) < 4.78 is 38.2. The monoisotopic (exact) mass is 402 g/mol. The lowest BCUT2D eigenvalue weighted by Gasteiger charge is -2.24. The number of fused-ring (bicyclic) bond motifs is 1. The first kappa shape index (κ1) is 18.8. The van der Waals surface area contributed by atoms with Gasteiger partial charge in [-0.2, -0.15) is 4.31 Å². The second-order valence-electron chi connectivity index (χ2n) is 7.00. The average Bonchev–Trinajstić information content (AvgIpc) is 2.90. The van der Waals surface area contributed by atoms with Crippen LogP contribution in [0.1, 0.15) is 30.7 Å². The number of benzene rings is 2. The van der Waals surface area contributed by atoms with Crippen molar-refractivity contribution in [3.63, 3.8) is 0 Å². The van der Waals surface area contributed by atoms with Crippen molar-refractivity contribution in [2.24, 2.45) is 0 Å². The highest BCUT2D eigenvalue weighted by molar-refractivity contribution is 7.89. The molecular weight excluding hydrogens is 380 g/mol. The fraction of sp³-hybridized carbons (Fsp3) is 0.350. The molecule has 2 heterocycles. The van der Waals surface area contributed by atoms with E-state index in [-0.39, 0.29) is 10.8 Å². The van der Waals surface area contributed by atoms with Gasteiger partial charge in [-0.3, -0.25) is 4.98 Å². The number of methoxy groups -OCH3 is 1. The van der Waals surface area contributed by atoms with Gasteiger partial charge in [0.2, 0.25) is 10.0 Å². The summed E-state index contributed by atoms with van der Waals surface area (Å²) in [7, 11) is -2.05. The van der Waals surface area contributed by atoms with Crippen LogP contribution in [0.2, 0.25) is 0 Å². The standard InChI is InChI=1S/C20H22N2O5S/c1-26-16-7-5-14(6-8-16)15-4-2-3-11-22(13-15)28(24,25)17-9-10-19-18(12-17)21-20(23)27-19/h5-10,12,15H,2-4,11,13H2,1H3,(H,21,23). The van der Waals surface area contributed by atoms with E-state index in [0.29, 0.717) is 24.2 Å². The normalized spacial score (nSPS) is 18.8. The van der Waals surface area contributed by atoms with E-state index in [2.05, 4.69) is 4.98 Å². The molecule has 148 valence electrons. The molecule has 28 heavy (non-hydrogen) atoms. The van der Waals surface area contributed by atoms with Crippen molar-refractivity contribution < 1.29 is 17.6 Å². The Morgan fingerprint density at radius 3 is 2.68 bits per heavy atom. The maximum Gasteiger partial charge on any atom is 0.417 e. The fourth-order valence-corrected chi connectivity index (χ4v) is 5.26. The highest BCUT2D eigenvalue weighted by Gasteiger charge is 2.30. The van der Waals surface area contributed by atoms with E-state index < -0.39 is 15.8 Å². The van der Waals surface area contributed by atoms with Crippen LogP contribution in [0.3, 0.4) is 0 Å². The minimum Gasteiger partial charge on any atom is -0.497 e. The van der Waals surface area contributed by atoms with Crippen LogP contribution < -0.4 is 10.5 Å². The molecule has 1 aliphatic heterocycles. The number of H-pyrrole nitrogens is 1. The first-order valence-corrected chi connectivity index (χ1v) is 10.7. The molecule has 4 rings (SSSR count). The Morgan fingerprint density at radius 2 is 1.93 bits per heavy atom. The molecule has 1 aliphatic rings. The Hall–Kier alpha value is -2.58.